The van der Waals surface area contributed by atoms with Crippen molar-refractivity contribution in [1.29, 1.82) is 0 Å². The molecule has 1 aliphatic rings. The van der Waals surface area contributed by atoms with Crippen LogP contribution in [0.4, 0.5) is 5.69 Å². The Hall–Kier alpha value is -2.41. The summed E-state index contributed by atoms with van der Waals surface area (Å²) >= 11 is 3.37. The number of nitrogens with zero attached hydrogens (tertiary/aromatic N) is 3. The van der Waals surface area contributed by atoms with Gasteiger partial charge in [0.2, 0.25) is 11.8 Å². The van der Waals surface area contributed by atoms with Gasteiger partial charge in [-0.3, -0.25) is 9.59 Å². The van der Waals surface area contributed by atoms with Crippen molar-refractivity contribution in [2.45, 2.75) is 19.5 Å². The molecule has 0 saturated carbocycles. The highest BCUT2D eigenvalue weighted by Crippen LogP contribution is 2.30. The highest BCUT2D eigenvalue weighted by atomic mass is 79.9. The molecule has 1 aliphatic heterocycles. The van der Waals surface area contributed by atoms with E-state index in [-0.39, 0.29) is 24.2 Å². The summed E-state index contributed by atoms with van der Waals surface area (Å²) in [5, 5.41) is 9.52. The minimum absolute atomic E-state index is 0.116. The van der Waals surface area contributed by atoms with Crippen LogP contribution >= 0.6 is 15.9 Å². The molecule has 6 nitrogen and oxygen atoms in total. The second-order valence-electron chi connectivity index (χ2n) is 5.65. The van der Waals surface area contributed by atoms with Crippen LogP contribution in [-0.4, -0.2) is 39.9 Å². The fourth-order valence-corrected chi connectivity index (χ4v) is 3.11. The Kier molecular flexibility index (Phi) is 4.28. The Bertz CT molecular complexity index is 824. The van der Waals surface area contributed by atoms with E-state index in [1.54, 1.807) is 44.3 Å². The zero-order chi connectivity index (χ0) is 17.4. The average molecular weight is 390 g/mol. The fourth-order valence-electron chi connectivity index (χ4n) is 2.76. The molecule has 1 aromatic carbocycles. The van der Waals surface area contributed by atoms with E-state index in [2.05, 4.69) is 20.9 Å². The number of pyridine rings is 1. The van der Waals surface area contributed by atoms with Gasteiger partial charge in [-0.05, 0) is 31.2 Å². The first-order valence-electron chi connectivity index (χ1n) is 7.41. The summed E-state index contributed by atoms with van der Waals surface area (Å²) in [7, 11) is 1.66. The first kappa shape index (κ1) is 16.4. The highest BCUT2D eigenvalue weighted by Gasteiger charge is 2.35. The number of carbonyl (C=O) groups is 2. The van der Waals surface area contributed by atoms with Crippen molar-refractivity contribution < 1.29 is 14.7 Å². The van der Waals surface area contributed by atoms with Gasteiger partial charge in [0, 0.05) is 17.6 Å². The average Bonchev–Trinajstić information content (AvgIpc) is 2.62. The molecule has 7 heteroatoms. The number of amides is 2. The van der Waals surface area contributed by atoms with Crippen molar-refractivity contribution >= 4 is 33.4 Å². The van der Waals surface area contributed by atoms with Crippen molar-refractivity contribution in [3.8, 4) is 5.88 Å². The molecule has 0 saturated heterocycles. The highest BCUT2D eigenvalue weighted by molar-refractivity contribution is 9.10. The normalized spacial score (nSPS) is 17.7. The molecule has 3 rings (SSSR count). The second-order valence-corrected chi connectivity index (χ2v) is 6.57. The van der Waals surface area contributed by atoms with Crippen LogP contribution in [0.25, 0.3) is 0 Å². The van der Waals surface area contributed by atoms with Crippen molar-refractivity contribution in [1.82, 2.24) is 9.88 Å². The van der Waals surface area contributed by atoms with E-state index in [1.165, 1.54) is 15.9 Å². The molecule has 2 aromatic rings. The van der Waals surface area contributed by atoms with Gasteiger partial charge in [0.05, 0.1) is 23.5 Å². The number of rotatable bonds is 2. The number of hydrogen-bond donors (Lipinski definition) is 1. The standard InChI is InChI=1S/C17H16BrN3O3/c1-10-16(23)20(2)14-8-11(18)6-7-13(14)17(24)21(10)9-12-4-3-5-15(22)19-12/h3-8,10H,9H2,1-2H3,(H,19,22)/t10-/m1/s1. The van der Waals surface area contributed by atoms with E-state index in [0.717, 1.165) is 4.47 Å². The summed E-state index contributed by atoms with van der Waals surface area (Å²) in [4.78, 5) is 32.6. The molecule has 0 fully saturated rings. The van der Waals surface area contributed by atoms with E-state index < -0.39 is 6.04 Å². The third-order valence-corrected chi connectivity index (χ3v) is 4.59. The Morgan fingerprint density at radius 2 is 2.00 bits per heavy atom. The van der Waals surface area contributed by atoms with Crippen LogP contribution in [-0.2, 0) is 11.3 Å². The molecule has 1 N–H and O–H groups in total. The number of carbonyl (C=O) groups excluding carboxylic acids is 2. The van der Waals surface area contributed by atoms with Crippen LogP contribution in [0.15, 0.2) is 40.9 Å². The van der Waals surface area contributed by atoms with E-state index >= 15 is 0 Å². The SMILES string of the molecule is C[C@@H]1C(=O)N(C)c2cc(Br)ccc2C(=O)N1Cc1cccc(O)n1. The molecule has 0 radical (unpaired) electrons. The Morgan fingerprint density at radius 1 is 1.25 bits per heavy atom. The zero-order valence-electron chi connectivity index (χ0n) is 13.2. The number of anilines is 1. The van der Waals surface area contributed by atoms with Crippen LogP contribution in [0.3, 0.4) is 0 Å². The van der Waals surface area contributed by atoms with Gasteiger partial charge in [-0.25, -0.2) is 4.98 Å². The number of halogens is 1. The Labute approximate surface area is 147 Å². The van der Waals surface area contributed by atoms with Gasteiger partial charge in [-0.2, -0.15) is 0 Å². The van der Waals surface area contributed by atoms with Crippen LogP contribution in [0.1, 0.15) is 23.0 Å². The number of benzene rings is 1. The second kappa shape index (κ2) is 6.24. The minimum Gasteiger partial charge on any atom is -0.493 e. The molecule has 0 spiro atoms. The van der Waals surface area contributed by atoms with Gasteiger partial charge < -0.3 is 14.9 Å². The van der Waals surface area contributed by atoms with Crippen LogP contribution in [0.2, 0.25) is 0 Å². The molecule has 1 atom stereocenters. The van der Waals surface area contributed by atoms with Crippen molar-refractivity contribution in [2.24, 2.45) is 0 Å². The van der Waals surface area contributed by atoms with E-state index in [0.29, 0.717) is 16.9 Å². The lowest BCUT2D eigenvalue weighted by Crippen LogP contribution is -2.45. The molecular weight excluding hydrogens is 374 g/mol. The van der Waals surface area contributed by atoms with Gasteiger partial charge in [0.15, 0.2) is 0 Å². The fraction of sp³-hybridized carbons (Fsp3) is 0.235. The largest absolute Gasteiger partial charge is 0.493 e. The number of aromatic hydroxyl groups is 1. The lowest BCUT2D eigenvalue weighted by molar-refractivity contribution is -0.122. The molecular formula is C17H16BrN3O3. The molecule has 0 aliphatic carbocycles. The summed E-state index contributed by atoms with van der Waals surface area (Å²) in [5.74, 6) is -0.539. The Morgan fingerprint density at radius 3 is 2.71 bits per heavy atom. The summed E-state index contributed by atoms with van der Waals surface area (Å²) < 4.78 is 0.796. The summed E-state index contributed by atoms with van der Waals surface area (Å²) in [6, 6.07) is 9.42. The summed E-state index contributed by atoms with van der Waals surface area (Å²) in [6.07, 6.45) is 0. The molecule has 0 bridgehead atoms. The van der Waals surface area contributed by atoms with E-state index in [1.807, 2.05) is 0 Å². The van der Waals surface area contributed by atoms with Crippen LogP contribution < -0.4 is 4.90 Å². The number of fused-ring (bicyclic) bond motifs is 1. The van der Waals surface area contributed by atoms with Gasteiger partial charge in [-0.1, -0.05) is 22.0 Å². The summed E-state index contributed by atoms with van der Waals surface area (Å²) in [5.41, 5.74) is 1.54. The molecule has 24 heavy (non-hydrogen) atoms. The maximum absolute atomic E-state index is 13.0. The smallest absolute Gasteiger partial charge is 0.257 e. The number of likely N-dealkylation sites (N-methyl/N-ethyl adjacent to an activating group) is 1. The topological polar surface area (TPSA) is 73.7 Å². The first-order chi connectivity index (χ1) is 11.4. The predicted molar refractivity (Wildman–Crippen MR) is 92.8 cm³/mol. The molecule has 2 amide bonds. The minimum atomic E-state index is -0.641. The summed E-state index contributed by atoms with van der Waals surface area (Å²) in [6.45, 7) is 1.84. The monoisotopic (exact) mass is 389 g/mol. The molecule has 124 valence electrons. The third-order valence-electron chi connectivity index (χ3n) is 4.09. The van der Waals surface area contributed by atoms with Crippen LogP contribution in [0, 0.1) is 0 Å². The number of hydrogen-bond acceptors (Lipinski definition) is 4. The van der Waals surface area contributed by atoms with Gasteiger partial charge in [0.25, 0.3) is 5.91 Å². The van der Waals surface area contributed by atoms with Crippen molar-refractivity contribution in [3.63, 3.8) is 0 Å². The molecule has 0 unspecified atom stereocenters. The van der Waals surface area contributed by atoms with Gasteiger partial charge in [0.1, 0.15) is 6.04 Å². The van der Waals surface area contributed by atoms with Gasteiger partial charge >= 0.3 is 0 Å². The molecule has 1 aromatic heterocycles. The maximum atomic E-state index is 13.0. The van der Waals surface area contributed by atoms with Crippen molar-refractivity contribution in [3.05, 3.63) is 52.1 Å². The zero-order valence-corrected chi connectivity index (χ0v) is 14.8. The number of aromatic nitrogens is 1. The van der Waals surface area contributed by atoms with Gasteiger partial charge in [-0.15, -0.1) is 0 Å². The van der Waals surface area contributed by atoms with E-state index in [9.17, 15) is 14.7 Å². The quantitative estimate of drug-likeness (QED) is 0.856. The predicted octanol–water partition coefficient (Wildman–Crippen LogP) is 2.56. The van der Waals surface area contributed by atoms with Crippen LogP contribution in [0.5, 0.6) is 5.88 Å². The van der Waals surface area contributed by atoms with E-state index in [4.69, 9.17) is 0 Å². The lowest BCUT2D eigenvalue weighted by Gasteiger charge is -2.26. The first-order valence-corrected chi connectivity index (χ1v) is 8.21. The Balaban J connectivity index is 2.05. The molecule has 2 heterocycles. The maximum Gasteiger partial charge on any atom is 0.257 e. The van der Waals surface area contributed by atoms with Crippen molar-refractivity contribution in [2.75, 3.05) is 11.9 Å². The third kappa shape index (κ3) is 2.87. The lowest BCUT2D eigenvalue weighted by atomic mass is 10.1.